The van der Waals surface area contributed by atoms with Crippen molar-refractivity contribution in [2.24, 2.45) is 5.92 Å². The van der Waals surface area contributed by atoms with Gasteiger partial charge in [-0.2, -0.15) is 0 Å². The van der Waals surface area contributed by atoms with Gasteiger partial charge in [-0.1, -0.05) is 30.3 Å². The highest BCUT2D eigenvalue weighted by Crippen LogP contribution is 2.44. The molecule has 0 spiro atoms. The normalized spacial score (nSPS) is 18.3. The largest absolute Gasteiger partial charge is 0.389 e. The second-order valence-electron chi connectivity index (χ2n) is 8.27. The Morgan fingerprint density at radius 2 is 1.69 bits per heavy atom. The molecule has 154 valence electrons. The molecule has 5 nitrogen and oxygen atoms in total. The highest BCUT2D eigenvalue weighted by atomic mass is 16.3. The molecule has 0 atom stereocenters. The van der Waals surface area contributed by atoms with E-state index in [-0.39, 0.29) is 6.03 Å². The number of hydrogen-bond acceptors (Lipinski definition) is 3. The van der Waals surface area contributed by atoms with E-state index in [9.17, 15) is 9.90 Å². The van der Waals surface area contributed by atoms with Crippen LogP contribution in [-0.2, 0) is 6.54 Å². The number of urea groups is 1. The minimum atomic E-state index is -0.531. The van der Waals surface area contributed by atoms with E-state index >= 15 is 0 Å². The standard InChI is InChI=1S/C24H31N3O2/c1-2-27(21-6-4-3-5-7-21)22-12-8-19(9-13-22)18-25-23(28)26-16-14-24(29,15-17-26)20-10-11-20/h3-9,12-13,20,29H,2,10-11,14-18H2,1H3,(H,25,28). The first-order valence-electron chi connectivity index (χ1n) is 10.8. The third-order valence-electron chi connectivity index (χ3n) is 6.33. The average molecular weight is 394 g/mol. The van der Waals surface area contributed by atoms with Crippen LogP contribution in [0.4, 0.5) is 16.2 Å². The van der Waals surface area contributed by atoms with Gasteiger partial charge in [0.1, 0.15) is 0 Å². The molecule has 1 saturated heterocycles. The fourth-order valence-corrected chi connectivity index (χ4v) is 4.33. The molecule has 4 rings (SSSR count). The number of piperidine rings is 1. The number of hydrogen-bond donors (Lipinski definition) is 2. The lowest BCUT2D eigenvalue weighted by atomic mass is 9.87. The number of para-hydroxylation sites is 1. The van der Waals surface area contributed by atoms with E-state index in [0.29, 0.717) is 38.4 Å². The van der Waals surface area contributed by atoms with Gasteiger partial charge in [-0.25, -0.2) is 4.79 Å². The first-order valence-corrected chi connectivity index (χ1v) is 10.8. The van der Waals surface area contributed by atoms with Crippen LogP contribution < -0.4 is 10.2 Å². The summed E-state index contributed by atoms with van der Waals surface area (Å²) in [7, 11) is 0. The van der Waals surface area contributed by atoms with Gasteiger partial charge in [-0.05, 0) is 68.4 Å². The molecule has 29 heavy (non-hydrogen) atoms. The molecule has 2 fully saturated rings. The van der Waals surface area contributed by atoms with Crippen molar-refractivity contribution in [1.29, 1.82) is 0 Å². The molecular weight excluding hydrogens is 362 g/mol. The quantitative estimate of drug-likeness (QED) is 0.770. The summed E-state index contributed by atoms with van der Waals surface area (Å²) >= 11 is 0. The van der Waals surface area contributed by atoms with Crippen LogP contribution in [-0.4, -0.2) is 41.3 Å². The predicted octanol–water partition coefficient (Wildman–Crippen LogP) is 4.29. The number of amides is 2. The van der Waals surface area contributed by atoms with Crippen LogP contribution in [0, 0.1) is 5.92 Å². The predicted molar refractivity (Wildman–Crippen MR) is 116 cm³/mol. The van der Waals surface area contributed by atoms with Crippen molar-refractivity contribution in [3.05, 3.63) is 60.2 Å². The number of anilines is 2. The molecular formula is C24H31N3O2. The second kappa shape index (κ2) is 8.46. The van der Waals surface area contributed by atoms with Crippen LogP contribution >= 0.6 is 0 Å². The summed E-state index contributed by atoms with van der Waals surface area (Å²) in [5.74, 6) is 0.463. The maximum Gasteiger partial charge on any atom is 0.317 e. The lowest BCUT2D eigenvalue weighted by Crippen LogP contribution is -2.50. The van der Waals surface area contributed by atoms with Crippen molar-refractivity contribution < 1.29 is 9.90 Å². The summed E-state index contributed by atoms with van der Waals surface area (Å²) in [6.07, 6.45) is 3.68. The van der Waals surface area contributed by atoms with Gasteiger partial charge in [0, 0.05) is 37.6 Å². The van der Waals surface area contributed by atoms with Gasteiger partial charge in [0.15, 0.2) is 0 Å². The molecule has 0 aromatic heterocycles. The summed E-state index contributed by atoms with van der Waals surface area (Å²) < 4.78 is 0. The van der Waals surface area contributed by atoms with E-state index in [1.165, 1.54) is 5.69 Å². The second-order valence-corrected chi connectivity index (χ2v) is 8.27. The summed E-state index contributed by atoms with van der Waals surface area (Å²) in [5, 5.41) is 13.7. The summed E-state index contributed by atoms with van der Waals surface area (Å²) in [4.78, 5) is 16.6. The first kappa shape index (κ1) is 19.8. The lowest BCUT2D eigenvalue weighted by molar-refractivity contribution is -0.0307. The van der Waals surface area contributed by atoms with Gasteiger partial charge in [-0.15, -0.1) is 0 Å². The first-order chi connectivity index (χ1) is 14.1. The van der Waals surface area contributed by atoms with Gasteiger partial charge < -0.3 is 20.2 Å². The van der Waals surface area contributed by atoms with E-state index in [4.69, 9.17) is 0 Å². The minimum Gasteiger partial charge on any atom is -0.389 e. The maximum atomic E-state index is 12.5. The van der Waals surface area contributed by atoms with Gasteiger partial charge in [0.25, 0.3) is 0 Å². The number of likely N-dealkylation sites (tertiary alicyclic amines) is 1. The molecule has 2 aromatic rings. The van der Waals surface area contributed by atoms with Crippen LogP contribution in [0.25, 0.3) is 0 Å². The number of aliphatic hydroxyl groups is 1. The molecule has 2 amide bonds. The third-order valence-corrected chi connectivity index (χ3v) is 6.33. The van der Waals surface area contributed by atoms with Crippen LogP contribution in [0.3, 0.4) is 0 Å². The zero-order chi connectivity index (χ0) is 20.3. The molecule has 1 aliphatic heterocycles. The van der Waals surface area contributed by atoms with Gasteiger partial charge in [0.2, 0.25) is 0 Å². The number of carbonyl (C=O) groups excluding carboxylic acids is 1. The Bertz CT molecular complexity index is 810. The van der Waals surface area contributed by atoms with Gasteiger partial charge in [0.05, 0.1) is 5.60 Å². The average Bonchev–Trinajstić information content (AvgIpc) is 3.61. The third kappa shape index (κ3) is 4.56. The molecule has 1 aliphatic carbocycles. The van der Waals surface area contributed by atoms with Crippen LogP contribution in [0.2, 0.25) is 0 Å². The van der Waals surface area contributed by atoms with Crippen molar-refractivity contribution in [3.8, 4) is 0 Å². The fraction of sp³-hybridized carbons (Fsp3) is 0.458. The number of nitrogens with one attached hydrogen (secondary N) is 1. The molecule has 2 aliphatic rings. The molecule has 2 aromatic carbocycles. The van der Waals surface area contributed by atoms with Crippen LogP contribution in [0.15, 0.2) is 54.6 Å². The van der Waals surface area contributed by atoms with E-state index in [0.717, 1.165) is 30.6 Å². The van der Waals surface area contributed by atoms with E-state index in [1.807, 2.05) is 23.1 Å². The Balaban J connectivity index is 1.29. The zero-order valence-corrected chi connectivity index (χ0v) is 17.2. The van der Waals surface area contributed by atoms with E-state index in [2.05, 4.69) is 53.5 Å². The number of carbonyl (C=O) groups is 1. The van der Waals surface area contributed by atoms with Crippen molar-refractivity contribution in [2.75, 3.05) is 24.5 Å². The lowest BCUT2D eigenvalue weighted by Gasteiger charge is -2.38. The smallest absolute Gasteiger partial charge is 0.317 e. The topological polar surface area (TPSA) is 55.8 Å². The van der Waals surface area contributed by atoms with Crippen molar-refractivity contribution in [2.45, 2.75) is 44.8 Å². The Kier molecular flexibility index (Phi) is 5.76. The molecule has 5 heteroatoms. The Labute approximate surface area is 173 Å². The molecule has 0 bridgehead atoms. The summed E-state index contributed by atoms with van der Waals surface area (Å²) in [6, 6.07) is 18.7. The highest BCUT2D eigenvalue weighted by molar-refractivity contribution is 5.74. The summed E-state index contributed by atoms with van der Waals surface area (Å²) in [6.45, 7) is 4.83. The molecule has 0 radical (unpaired) electrons. The Morgan fingerprint density at radius 1 is 1.07 bits per heavy atom. The molecule has 0 unspecified atom stereocenters. The van der Waals surface area contributed by atoms with Gasteiger partial charge >= 0.3 is 6.03 Å². The number of rotatable bonds is 6. The van der Waals surface area contributed by atoms with Crippen molar-refractivity contribution in [1.82, 2.24) is 10.2 Å². The van der Waals surface area contributed by atoms with Gasteiger partial charge in [-0.3, -0.25) is 0 Å². The maximum absolute atomic E-state index is 12.5. The zero-order valence-electron chi connectivity index (χ0n) is 17.2. The molecule has 2 N–H and O–H groups in total. The number of benzene rings is 2. The highest BCUT2D eigenvalue weighted by Gasteiger charge is 2.45. The summed E-state index contributed by atoms with van der Waals surface area (Å²) in [5.41, 5.74) is 2.87. The minimum absolute atomic E-state index is 0.0357. The van der Waals surface area contributed by atoms with Crippen LogP contribution in [0.5, 0.6) is 0 Å². The van der Waals surface area contributed by atoms with Crippen molar-refractivity contribution >= 4 is 17.4 Å². The monoisotopic (exact) mass is 393 g/mol. The number of nitrogens with zero attached hydrogens (tertiary/aromatic N) is 2. The Morgan fingerprint density at radius 3 is 2.28 bits per heavy atom. The van der Waals surface area contributed by atoms with Crippen molar-refractivity contribution in [3.63, 3.8) is 0 Å². The fourth-order valence-electron chi connectivity index (χ4n) is 4.33. The van der Waals surface area contributed by atoms with E-state index < -0.39 is 5.60 Å². The SMILES string of the molecule is CCN(c1ccccc1)c1ccc(CNC(=O)N2CCC(O)(C3CC3)CC2)cc1. The molecule has 1 heterocycles. The Hall–Kier alpha value is -2.53. The van der Waals surface area contributed by atoms with Crippen LogP contribution in [0.1, 0.15) is 38.2 Å². The molecule has 1 saturated carbocycles. The van der Waals surface area contributed by atoms with E-state index in [1.54, 1.807) is 0 Å².